The van der Waals surface area contributed by atoms with Crippen molar-refractivity contribution in [2.75, 3.05) is 7.05 Å². The Labute approximate surface area is 123 Å². The van der Waals surface area contributed by atoms with Gasteiger partial charge in [-0.15, -0.1) is 0 Å². The van der Waals surface area contributed by atoms with E-state index in [9.17, 15) is 4.79 Å². The molecule has 0 bridgehead atoms. The van der Waals surface area contributed by atoms with Crippen molar-refractivity contribution in [1.82, 2.24) is 4.90 Å². The van der Waals surface area contributed by atoms with Gasteiger partial charge in [0, 0.05) is 19.2 Å². The molecule has 2 aromatic carbocycles. The molecule has 3 nitrogen and oxygen atoms in total. The van der Waals surface area contributed by atoms with Crippen LogP contribution in [0.2, 0.25) is 0 Å². The number of hydrogen-bond donors (Lipinski definition) is 0. The van der Waals surface area contributed by atoms with Gasteiger partial charge in [0.25, 0.3) is 5.91 Å². The van der Waals surface area contributed by atoms with Gasteiger partial charge >= 0.3 is 0 Å². The van der Waals surface area contributed by atoms with Crippen LogP contribution in [-0.4, -0.2) is 17.9 Å². The van der Waals surface area contributed by atoms with Crippen molar-refractivity contribution in [3.63, 3.8) is 0 Å². The van der Waals surface area contributed by atoms with E-state index in [2.05, 4.69) is 30.3 Å². The molecule has 106 valence electrons. The first-order chi connectivity index (χ1) is 10.1. The molecular weight excluding hydrogens is 262 g/mol. The van der Waals surface area contributed by atoms with Crippen molar-refractivity contribution in [3.8, 4) is 0 Å². The van der Waals surface area contributed by atoms with Crippen LogP contribution in [0.25, 0.3) is 10.8 Å². The number of furan rings is 1. The molecule has 0 saturated carbocycles. The summed E-state index contributed by atoms with van der Waals surface area (Å²) in [5, 5.41) is 2.39. The number of rotatable bonds is 3. The first kappa shape index (κ1) is 13.4. The van der Waals surface area contributed by atoms with Gasteiger partial charge in [-0.1, -0.05) is 36.4 Å². The summed E-state index contributed by atoms with van der Waals surface area (Å²) in [4.78, 5) is 14.0. The molecule has 0 spiro atoms. The smallest absolute Gasteiger partial charge is 0.289 e. The maximum absolute atomic E-state index is 12.3. The predicted molar refractivity (Wildman–Crippen MR) is 83.2 cm³/mol. The number of benzene rings is 2. The molecule has 0 aliphatic carbocycles. The summed E-state index contributed by atoms with van der Waals surface area (Å²) in [5.41, 5.74) is 1.97. The third-order valence-corrected chi connectivity index (χ3v) is 3.64. The number of nitrogens with zero attached hydrogens (tertiary/aromatic N) is 1. The van der Waals surface area contributed by atoms with Crippen molar-refractivity contribution in [2.24, 2.45) is 0 Å². The fraction of sp³-hybridized carbons (Fsp3) is 0.167. The summed E-state index contributed by atoms with van der Waals surface area (Å²) in [7, 11) is 1.79. The molecule has 1 aromatic heterocycles. The highest BCUT2D eigenvalue weighted by Gasteiger charge is 2.17. The van der Waals surface area contributed by atoms with Crippen LogP contribution in [0.4, 0.5) is 0 Å². The second-order valence-electron chi connectivity index (χ2n) is 5.28. The van der Waals surface area contributed by atoms with Gasteiger partial charge in [0.1, 0.15) is 0 Å². The molecule has 0 fully saturated rings. The van der Waals surface area contributed by atoms with Crippen LogP contribution < -0.4 is 0 Å². The maximum Gasteiger partial charge on any atom is 0.289 e. The third kappa shape index (κ3) is 2.68. The van der Waals surface area contributed by atoms with Crippen LogP contribution in [0.15, 0.2) is 59.2 Å². The van der Waals surface area contributed by atoms with E-state index < -0.39 is 0 Å². The summed E-state index contributed by atoms with van der Waals surface area (Å²) >= 11 is 0. The summed E-state index contributed by atoms with van der Waals surface area (Å²) in [5.74, 6) is 0.323. The van der Waals surface area contributed by atoms with Crippen LogP contribution in [0.3, 0.4) is 0 Å². The lowest BCUT2D eigenvalue weighted by atomic mass is 10.1. The zero-order valence-electron chi connectivity index (χ0n) is 12.2. The van der Waals surface area contributed by atoms with Gasteiger partial charge in [0.05, 0.1) is 6.26 Å². The van der Waals surface area contributed by atoms with E-state index in [1.54, 1.807) is 24.3 Å². The Kier molecular flexibility index (Phi) is 3.48. The number of hydrogen-bond acceptors (Lipinski definition) is 2. The normalized spacial score (nSPS) is 10.8. The average Bonchev–Trinajstić information content (AvgIpc) is 2.92. The first-order valence-corrected chi connectivity index (χ1v) is 6.92. The minimum Gasteiger partial charge on any atom is -0.459 e. The van der Waals surface area contributed by atoms with Crippen LogP contribution in [0.5, 0.6) is 0 Å². The van der Waals surface area contributed by atoms with Gasteiger partial charge in [-0.05, 0) is 35.4 Å². The highest BCUT2D eigenvalue weighted by atomic mass is 16.3. The molecule has 0 atom stereocenters. The number of fused-ring (bicyclic) bond motifs is 1. The fourth-order valence-corrected chi connectivity index (χ4v) is 2.45. The van der Waals surface area contributed by atoms with Gasteiger partial charge in [0.2, 0.25) is 0 Å². The Morgan fingerprint density at radius 2 is 1.86 bits per heavy atom. The fourth-order valence-electron chi connectivity index (χ4n) is 2.45. The Bertz CT molecular complexity index is 789. The average molecular weight is 279 g/mol. The summed E-state index contributed by atoms with van der Waals surface area (Å²) < 4.78 is 5.26. The molecular formula is C18H17NO2. The van der Waals surface area contributed by atoms with Crippen LogP contribution in [0, 0.1) is 6.92 Å². The molecule has 0 aliphatic rings. The highest BCUT2D eigenvalue weighted by Crippen LogP contribution is 2.18. The minimum atomic E-state index is -0.0920. The Morgan fingerprint density at radius 3 is 2.57 bits per heavy atom. The summed E-state index contributed by atoms with van der Waals surface area (Å²) in [6.45, 7) is 2.43. The second-order valence-corrected chi connectivity index (χ2v) is 5.28. The van der Waals surface area contributed by atoms with Gasteiger partial charge < -0.3 is 9.32 Å². The van der Waals surface area contributed by atoms with Gasteiger partial charge in [0.15, 0.2) is 5.76 Å². The van der Waals surface area contributed by atoms with E-state index in [-0.39, 0.29) is 5.91 Å². The van der Waals surface area contributed by atoms with Gasteiger partial charge in [-0.2, -0.15) is 0 Å². The summed E-state index contributed by atoms with van der Waals surface area (Å²) in [6, 6.07) is 16.3. The van der Waals surface area contributed by atoms with E-state index in [0.29, 0.717) is 12.3 Å². The molecule has 0 N–H and O–H groups in total. The quantitative estimate of drug-likeness (QED) is 0.725. The molecule has 0 aliphatic heterocycles. The lowest BCUT2D eigenvalue weighted by molar-refractivity contribution is 0.0752. The standard InChI is InChI=1S/C18H17NO2/c1-13-9-10-21-17(13)18(20)19(2)12-14-7-8-15-5-3-4-6-16(15)11-14/h3-11H,12H2,1-2H3. The molecule has 0 unspecified atom stereocenters. The molecule has 1 amide bonds. The molecule has 21 heavy (non-hydrogen) atoms. The minimum absolute atomic E-state index is 0.0920. The number of carbonyl (C=O) groups is 1. The van der Waals surface area contributed by atoms with Crippen LogP contribution >= 0.6 is 0 Å². The molecule has 3 aromatic rings. The van der Waals surface area contributed by atoms with Crippen molar-refractivity contribution in [2.45, 2.75) is 13.5 Å². The van der Waals surface area contributed by atoms with Crippen LogP contribution in [0.1, 0.15) is 21.7 Å². The molecule has 0 saturated heterocycles. The molecule has 3 rings (SSSR count). The maximum atomic E-state index is 12.3. The molecule has 3 heteroatoms. The van der Waals surface area contributed by atoms with E-state index in [1.165, 1.54) is 10.8 Å². The number of carbonyl (C=O) groups excluding carboxylic acids is 1. The SMILES string of the molecule is Cc1ccoc1C(=O)N(C)Cc1ccc2ccccc2c1. The highest BCUT2D eigenvalue weighted by molar-refractivity contribution is 5.92. The molecule has 1 heterocycles. The van der Waals surface area contributed by atoms with Gasteiger partial charge in [-0.3, -0.25) is 4.79 Å². The number of aryl methyl sites for hydroxylation is 1. The summed E-state index contributed by atoms with van der Waals surface area (Å²) in [6.07, 6.45) is 1.55. The van der Waals surface area contributed by atoms with Crippen LogP contribution in [-0.2, 0) is 6.54 Å². The zero-order chi connectivity index (χ0) is 14.8. The Hall–Kier alpha value is -2.55. The Balaban J connectivity index is 1.81. The lowest BCUT2D eigenvalue weighted by Crippen LogP contribution is -2.26. The van der Waals surface area contributed by atoms with E-state index in [1.807, 2.05) is 19.1 Å². The van der Waals surface area contributed by atoms with Crippen molar-refractivity contribution >= 4 is 16.7 Å². The van der Waals surface area contributed by atoms with Gasteiger partial charge in [-0.25, -0.2) is 0 Å². The zero-order valence-corrected chi connectivity index (χ0v) is 12.2. The predicted octanol–water partition coefficient (Wildman–Crippen LogP) is 4.01. The van der Waals surface area contributed by atoms with Crippen molar-refractivity contribution in [1.29, 1.82) is 0 Å². The van der Waals surface area contributed by atoms with Crippen molar-refractivity contribution in [3.05, 3.63) is 71.7 Å². The largest absolute Gasteiger partial charge is 0.459 e. The monoisotopic (exact) mass is 279 g/mol. The first-order valence-electron chi connectivity index (χ1n) is 6.92. The Morgan fingerprint density at radius 1 is 1.10 bits per heavy atom. The van der Waals surface area contributed by atoms with E-state index in [0.717, 1.165) is 11.1 Å². The van der Waals surface area contributed by atoms with Crippen molar-refractivity contribution < 1.29 is 9.21 Å². The van der Waals surface area contributed by atoms with E-state index >= 15 is 0 Å². The van der Waals surface area contributed by atoms with E-state index in [4.69, 9.17) is 4.42 Å². The third-order valence-electron chi connectivity index (χ3n) is 3.64. The molecule has 0 radical (unpaired) electrons. The lowest BCUT2D eigenvalue weighted by Gasteiger charge is -2.16. The second kappa shape index (κ2) is 5.44. The number of amides is 1. The topological polar surface area (TPSA) is 33.5 Å².